The minimum absolute atomic E-state index is 0.386. The highest BCUT2D eigenvalue weighted by molar-refractivity contribution is 9.10. The second-order valence-electron chi connectivity index (χ2n) is 3.31. The van der Waals surface area contributed by atoms with Crippen LogP contribution >= 0.6 is 15.9 Å². The molecule has 0 saturated carbocycles. The Kier molecular flexibility index (Phi) is 4.38. The third kappa shape index (κ3) is 3.29. The topological polar surface area (TPSA) is 59.9 Å². The molecule has 3 nitrogen and oxygen atoms in total. The Labute approximate surface area is 92.4 Å². The summed E-state index contributed by atoms with van der Waals surface area (Å²) in [5.41, 5.74) is 5.84. The molecule has 1 aromatic carbocycles. The van der Waals surface area contributed by atoms with Crippen molar-refractivity contribution in [3.8, 4) is 0 Å². The number of anilines is 1. The van der Waals surface area contributed by atoms with Gasteiger partial charge in [-0.25, -0.2) is 0 Å². The molecule has 0 radical (unpaired) electrons. The zero-order valence-corrected chi connectivity index (χ0v) is 9.84. The van der Waals surface area contributed by atoms with Crippen molar-refractivity contribution in [2.24, 2.45) is 0 Å². The third-order valence-electron chi connectivity index (χ3n) is 1.99. The van der Waals surface area contributed by atoms with Crippen LogP contribution in [0.2, 0.25) is 0 Å². The van der Waals surface area contributed by atoms with Crippen LogP contribution in [0.5, 0.6) is 0 Å². The van der Waals surface area contributed by atoms with Crippen molar-refractivity contribution in [3.63, 3.8) is 0 Å². The molecule has 0 heterocycles. The number of quaternary nitrogens is 1. The van der Waals surface area contributed by atoms with E-state index in [0.717, 1.165) is 10.2 Å². The third-order valence-corrected chi connectivity index (χ3v) is 2.64. The molecular formula is C10H16BrN2O+. The maximum absolute atomic E-state index is 9.32. The van der Waals surface area contributed by atoms with E-state index in [0.29, 0.717) is 13.1 Å². The molecule has 0 aromatic heterocycles. The van der Waals surface area contributed by atoms with E-state index in [4.69, 9.17) is 0 Å². The van der Waals surface area contributed by atoms with Crippen molar-refractivity contribution in [2.45, 2.75) is 13.0 Å². The summed E-state index contributed by atoms with van der Waals surface area (Å²) in [5.74, 6) is 0. The van der Waals surface area contributed by atoms with Gasteiger partial charge in [0.05, 0.1) is 0 Å². The molecule has 0 spiro atoms. The quantitative estimate of drug-likeness (QED) is 0.749. The molecule has 0 aliphatic rings. The lowest BCUT2D eigenvalue weighted by molar-refractivity contribution is -0.382. The van der Waals surface area contributed by atoms with Crippen molar-refractivity contribution in [3.05, 3.63) is 28.2 Å². The van der Waals surface area contributed by atoms with E-state index in [1.165, 1.54) is 5.56 Å². The molecule has 0 bridgehead atoms. The first-order valence-electron chi connectivity index (χ1n) is 4.61. The fraction of sp³-hybridized carbons (Fsp3) is 0.400. The first-order chi connectivity index (χ1) is 6.63. The van der Waals surface area contributed by atoms with E-state index >= 15 is 0 Å². The number of hydrogen-bond acceptors (Lipinski definition) is 2. The van der Waals surface area contributed by atoms with Crippen molar-refractivity contribution in [1.82, 2.24) is 0 Å². The number of rotatable bonds is 4. The molecule has 78 valence electrons. The van der Waals surface area contributed by atoms with Crippen LogP contribution in [0.4, 0.5) is 5.69 Å². The second-order valence-corrected chi connectivity index (χ2v) is 4.16. The van der Waals surface area contributed by atoms with Crippen molar-refractivity contribution in [1.29, 1.82) is 0 Å². The van der Waals surface area contributed by atoms with Gasteiger partial charge in [-0.3, -0.25) is 0 Å². The minimum Gasteiger partial charge on any atom is -0.385 e. The Morgan fingerprint density at radius 3 is 2.86 bits per heavy atom. The number of benzene rings is 1. The number of aliphatic hydroxyl groups excluding tert-OH is 1. The Hall–Kier alpha value is -0.580. The summed E-state index contributed by atoms with van der Waals surface area (Å²) in [6.45, 7) is 3.10. The number of aliphatic hydroxyl groups is 1. The van der Waals surface area contributed by atoms with Gasteiger partial charge in [-0.2, -0.15) is 0 Å². The fourth-order valence-electron chi connectivity index (χ4n) is 1.09. The van der Waals surface area contributed by atoms with E-state index < -0.39 is 0 Å². The Morgan fingerprint density at radius 1 is 1.57 bits per heavy atom. The lowest BCUT2D eigenvalue weighted by Gasteiger charge is -2.11. The average molecular weight is 260 g/mol. The minimum atomic E-state index is -0.386. The fourth-order valence-corrected chi connectivity index (χ4v) is 1.73. The highest BCUT2D eigenvalue weighted by atomic mass is 79.9. The van der Waals surface area contributed by atoms with Gasteiger partial charge in [-0.05, 0) is 40.5 Å². The van der Waals surface area contributed by atoms with Gasteiger partial charge < -0.3 is 16.2 Å². The summed E-state index contributed by atoms with van der Waals surface area (Å²) >= 11 is 3.46. The lowest BCUT2D eigenvalue weighted by atomic mass is 10.2. The Bertz CT molecular complexity index is 304. The average Bonchev–Trinajstić information content (AvgIpc) is 2.16. The van der Waals surface area contributed by atoms with Gasteiger partial charge in [0.2, 0.25) is 0 Å². The standard InChI is InChI=1S/C10H15BrN2O/c1-7-2-3-10(9(11)4-7)13-6-8(14)5-12/h2-4,8,13-14H,5-6,12H2,1H3/p+1/t8-/m1/s1. The normalized spacial score (nSPS) is 12.6. The van der Waals surface area contributed by atoms with Crippen LogP contribution in [0.25, 0.3) is 0 Å². The van der Waals surface area contributed by atoms with Crippen LogP contribution in [0.3, 0.4) is 0 Å². The van der Waals surface area contributed by atoms with Crippen molar-refractivity contribution < 1.29 is 10.8 Å². The van der Waals surface area contributed by atoms with Gasteiger partial charge in [0.1, 0.15) is 12.6 Å². The van der Waals surface area contributed by atoms with Crippen molar-refractivity contribution >= 4 is 21.6 Å². The molecule has 0 aliphatic carbocycles. The van der Waals surface area contributed by atoms with Crippen LogP contribution in [-0.2, 0) is 0 Å². The molecular weight excluding hydrogens is 244 g/mol. The molecule has 1 atom stereocenters. The second kappa shape index (κ2) is 5.34. The van der Waals surface area contributed by atoms with Gasteiger partial charge in [-0.15, -0.1) is 0 Å². The zero-order chi connectivity index (χ0) is 10.6. The molecule has 1 aromatic rings. The first kappa shape index (κ1) is 11.5. The maximum Gasteiger partial charge on any atom is 0.120 e. The van der Waals surface area contributed by atoms with Crippen LogP contribution in [-0.4, -0.2) is 24.3 Å². The van der Waals surface area contributed by atoms with E-state index in [9.17, 15) is 5.11 Å². The van der Waals surface area contributed by atoms with Crippen molar-refractivity contribution in [2.75, 3.05) is 18.4 Å². The molecule has 0 aliphatic heterocycles. The van der Waals surface area contributed by atoms with Gasteiger partial charge >= 0.3 is 0 Å². The number of aryl methyl sites for hydroxylation is 1. The highest BCUT2D eigenvalue weighted by Gasteiger charge is 2.04. The number of halogens is 1. The van der Waals surface area contributed by atoms with E-state index in [-0.39, 0.29) is 6.10 Å². The predicted octanol–water partition coefficient (Wildman–Crippen LogP) is 0.772. The van der Waals surface area contributed by atoms with Gasteiger partial charge in [0.15, 0.2) is 0 Å². The Balaban J connectivity index is 2.59. The molecule has 1 rings (SSSR count). The molecule has 4 heteroatoms. The van der Waals surface area contributed by atoms with E-state index in [1.807, 2.05) is 25.1 Å². The summed E-state index contributed by atoms with van der Waals surface area (Å²) in [7, 11) is 0. The first-order valence-corrected chi connectivity index (χ1v) is 5.40. The van der Waals surface area contributed by atoms with Gasteiger partial charge in [0, 0.05) is 16.7 Å². The smallest absolute Gasteiger partial charge is 0.120 e. The maximum atomic E-state index is 9.32. The summed E-state index contributed by atoms with van der Waals surface area (Å²) in [6, 6.07) is 6.07. The van der Waals surface area contributed by atoms with E-state index in [2.05, 4.69) is 27.0 Å². The molecule has 0 amide bonds. The SMILES string of the molecule is Cc1ccc(NC[C@H](O)C[NH3+])c(Br)c1. The number of hydrogen-bond donors (Lipinski definition) is 3. The van der Waals surface area contributed by atoms with Crippen LogP contribution < -0.4 is 11.1 Å². The highest BCUT2D eigenvalue weighted by Crippen LogP contribution is 2.22. The summed E-state index contributed by atoms with van der Waals surface area (Å²) in [4.78, 5) is 0. The summed E-state index contributed by atoms with van der Waals surface area (Å²) in [5, 5.41) is 12.5. The van der Waals surface area contributed by atoms with E-state index in [1.54, 1.807) is 0 Å². The summed E-state index contributed by atoms with van der Waals surface area (Å²) in [6.07, 6.45) is -0.386. The van der Waals surface area contributed by atoms with Crippen LogP contribution in [0, 0.1) is 6.92 Å². The van der Waals surface area contributed by atoms with Crippen LogP contribution in [0.1, 0.15) is 5.56 Å². The molecule has 0 unspecified atom stereocenters. The zero-order valence-electron chi connectivity index (χ0n) is 8.26. The van der Waals surface area contributed by atoms with Crippen LogP contribution in [0.15, 0.2) is 22.7 Å². The summed E-state index contributed by atoms with van der Waals surface area (Å²) < 4.78 is 1.02. The lowest BCUT2D eigenvalue weighted by Crippen LogP contribution is -2.57. The largest absolute Gasteiger partial charge is 0.385 e. The molecule has 0 fully saturated rings. The molecule has 5 N–H and O–H groups in total. The molecule has 14 heavy (non-hydrogen) atoms. The Morgan fingerprint density at radius 2 is 2.29 bits per heavy atom. The molecule has 0 saturated heterocycles. The van der Waals surface area contributed by atoms with Gasteiger partial charge in [0.25, 0.3) is 0 Å². The van der Waals surface area contributed by atoms with Gasteiger partial charge in [-0.1, -0.05) is 6.07 Å². The predicted molar refractivity (Wildman–Crippen MR) is 61.1 cm³/mol. The monoisotopic (exact) mass is 259 g/mol. The number of nitrogens with one attached hydrogen (secondary N) is 1.